The highest BCUT2D eigenvalue weighted by Gasteiger charge is 2.40. The third-order valence-electron chi connectivity index (χ3n) is 4.04. The van der Waals surface area contributed by atoms with Gasteiger partial charge in [-0.05, 0) is 24.8 Å². The van der Waals surface area contributed by atoms with Crippen molar-refractivity contribution in [3.05, 3.63) is 35.9 Å². The second kappa shape index (κ2) is 8.47. The van der Waals surface area contributed by atoms with E-state index in [-0.39, 0.29) is 13.2 Å². The zero-order valence-electron chi connectivity index (χ0n) is 14.3. The molecule has 1 aromatic carbocycles. The van der Waals surface area contributed by atoms with Crippen LogP contribution >= 0.6 is 7.59 Å². The number of rotatable bonds is 6. The summed E-state index contributed by atoms with van der Waals surface area (Å²) in [7, 11) is -3.68. The molecule has 2 rings (SSSR count). The van der Waals surface area contributed by atoms with Crippen molar-refractivity contribution < 1.29 is 18.9 Å². The predicted molar refractivity (Wildman–Crippen MR) is 94.3 cm³/mol. The molecule has 0 spiro atoms. The number of ether oxygens (including phenoxy) is 1. The SMILES string of the molecule is CCCN(C(=O)OCc1ccccc1)[C@H]1CCCN(P(N)(N)=O)C1=O. The van der Waals surface area contributed by atoms with Crippen LogP contribution in [0.2, 0.25) is 0 Å². The number of carbonyl (C=O) groups is 2. The van der Waals surface area contributed by atoms with E-state index in [2.05, 4.69) is 0 Å². The van der Waals surface area contributed by atoms with E-state index >= 15 is 0 Å². The monoisotopic (exact) mass is 368 g/mol. The van der Waals surface area contributed by atoms with Crippen molar-refractivity contribution in [1.29, 1.82) is 0 Å². The fourth-order valence-corrected chi connectivity index (χ4v) is 3.75. The third-order valence-corrected chi connectivity index (χ3v) is 5.20. The van der Waals surface area contributed by atoms with Gasteiger partial charge >= 0.3 is 13.7 Å². The largest absolute Gasteiger partial charge is 0.445 e. The lowest BCUT2D eigenvalue weighted by atomic mass is 10.1. The number of hydrogen-bond acceptors (Lipinski definition) is 4. The molecule has 1 aliphatic heterocycles. The Morgan fingerprint density at radius 3 is 2.64 bits per heavy atom. The number of piperidine rings is 1. The average molecular weight is 368 g/mol. The maximum Gasteiger partial charge on any atom is 0.410 e. The Kier molecular flexibility index (Phi) is 6.58. The van der Waals surface area contributed by atoms with Crippen LogP contribution in [0.25, 0.3) is 0 Å². The molecule has 25 heavy (non-hydrogen) atoms. The first-order valence-electron chi connectivity index (χ1n) is 8.31. The Morgan fingerprint density at radius 2 is 2.04 bits per heavy atom. The molecule has 8 nitrogen and oxygen atoms in total. The Hall–Kier alpha value is -1.89. The van der Waals surface area contributed by atoms with E-state index < -0.39 is 25.6 Å². The van der Waals surface area contributed by atoms with Crippen molar-refractivity contribution in [2.45, 2.75) is 38.8 Å². The number of nitrogens with zero attached hydrogens (tertiary/aromatic N) is 2. The topological polar surface area (TPSA) is 119 Å². The van der Waals surface area contributed by atoms with E-state index in [0.29, 0.717) is 25.8 Å². The van der Waals surface area contributed by atoms with Crippen molar-refractivity contribution in [1.82, 2.24) is 9.57 Å². The summed E-state index contributed by atoms with van der Waals surface area (Å²) in [5.41, 5.74) is 11.8. The molecule has 9 heteroatoms. The van der Waals surface area contributed by atoms with Crippen molar-refractivity contribution in [2.75, 3.05) is 13.1 Å². The molecule has 0 bridgehead atoms. The van der Waals surface area contributed by atoms with Crippen LogP contribution in [0.5, 0.6) is 0 Å². The molecule has 1 fully saturated rings. The highest BCUT2D eigenvalue weighted by atomic mass is 31.2. The fraction of sp³-hybridized carbons (Fsp3) is 0.500. The maximum absolute atomic E-state index is 12.6. The maximum atomic E-state index is 12.6. The van der Waals surface area contributed by atoms with Crippen LogP contribution in [0.4, 0.5) is 4.79 Å². The number of nitrogens with two attached hydrogens (primary N) is 2. The van der Waals surface area contributed by atoms with Gasteiger partial charge in [0.1, 0.15) is 12.6 Å². The van der Waals surface area contributed by atoms with Crippen LogP contribution in [0.15, 0.2) is 30.3 Å². The summed E-state index contributed by atoms with van der Waals surface area (Å²) < 4.78 is 18.3. The van der Waals surface area contributed by atoms with Gasteiger partial charge in [0, 0.05) is 13.1 Å². The van der Waals surface area contributed by atoms with Gasteiger partial charge in [-0.25, -0.2) is 4.79 Å². The van der Waals surface area contributed by atoms with Gasteiger partial charge in [-0.1, -0.05) is 37.3 Å². The van der Waals surface area contributed by atoms with E-state index in [1.165, 1.54) is 4.90 Å². The second-order valence-electron chi connectivity index (χ2n) is 6.03. The first kappa shape index (κ1) is 19.4. The summed E-state index contributed by atoms with van der Waals surface area (Å²) in [6.45, 7) is 2.62. The highest BCUT2D eigenvalue weighted by molar-refractivity contribution is 7.57. The molecule has 1 saturated heterocycles. The number of amides is 2. The minimum Gasteiger partial charge on any atom is -0.445 e. The van der Waals surface area contributed by atoms with Crippen molar-refractivity contribution in [3.8, 4) is 0 Å². The van der Waals surface area contributed by atoms with Gasteiger partial charge in [0.15, 0.2) is 0 Å². The smallest absolute Gasteiger partial charge is 0.410 e. The Labute approximate surface area is 147 Å². The highest BCUT2D eigenvalue weighted by Crippen LogP contribution is 2.36. The first-order valence-corrected chi connectivity index (χ1v) is 10.1. The van der Waals surface area contributed by atoms with Crippen LogP contribution in [0.3, 0.4) is 0 Å². The molecule has 138 valence electrons. The van der Waals surface area contributed by atoms with E-state index in [9.17, 15) is 14.2 Å². The van der Waals surface area contributed by atoms with E-state index in [1.807, 2.05) is 37.3 Å². The molecule has 2 amide bonds. The molecule has 1 aromatic rings. The Morgan fingerprint density at radius 1 is 1.36 bits per heavy atom. The zero-order valence-corrected chi connectivity index (χ0v) is 15.2. The average Bonchev–Trinajstić information content (AvgIpc) is 2.58. The van der Waals surface area contributed by atoms with Gasteiger partial charge in [-0.3, -0.25) is 29.9 Å². The molecule has 0 aliphatic carbocycles. The number of carbonyl (C=O) groups excluding carboxylic acids is 2. The van der Waals surface area contributed by atoms with Gasteiger partial charge in [-0.15, -0.1) is 0 Å². The van der Waals surface area contributed by atoms with E-state index in [1.54, 1.807) is 0 Å². The van der Waals surface area contributed by atoms with Crippen LogP contribution in [-0.2, 0) is 20.7 Å². The minimum absolute atomic E-state index is 0.122. The Bertz CT molecular complexity index is 649. The summed E-state index contributed by atoms with van der Waals surface area (Å²) in [4.78, 5) is 26.5. The molecule has 1 atom stereocenters. The van der Waals surface area contributed by atoms with Gasteiger partial charge in [0.05, 0.1) is 0 Å². The summed E-state index contributed by atoms with van der Waals surface area (Å²) in [6, 6.07) is 8.54. The molecule has 1 aliphatic rings. The number of hydrogen-bond donors (Lipinski definition) is 2. The Balaban J connectivity index is 2.09. The van der Waals surface area contributed by atoms with Gasteiger partial charge in [0.25, 0.3) is 5.91 Å². The third kappa shape index (κ3) is 5.04. The van der Waals surface area contributed by atoms with Gasteiger partial charge in [0.2, 0.25) is 0 Å². The first-order chi connectivity index (χ1) is 11.8. The predicted octanol–water partition coefficient (Wildman–Crippen LogP) is 2.05. The van der Waals surface area contributed by atoms with Crippen LogP contribution in [0.1, 0.15) is 31.7 Å². The quantitative estimate of drug-likeness (QED) is 0.742. The van der Waals surface area contributed by atoms with Crippen LogP contribution < -0.4 is 11.0 Å². The van der Waals surface area contributed by atoms with Gasteiger partial charge in [-0.2, -0.15) is 0 Å². The van der Waals surface area contributed by atoms with Crippen molar-refractivity contribution in [2.24, 2.45) is 11.0 Å². The second-order valence-corrected chi connectivity index (χ2v) is 7.85. The molecular weight excluding hydrogens is 343 g/mol. The molecule has 1 heterocycles. The molecule has 0 aromatic heterocycles. The summed E-state index contributed by atoms with van der Waals surface area (Å²) in [5.74, 6) is -0.482. The molecule has 0 radical (unpaired) electrons. The summed E-state index contributed by atoms with van der Waals surface area (Å²) >= 11 is 0. The van der Waals surface area contributed by atoms with Gasteiger partial charge < -0.3 is 4.74 Å². The van der Waals surface area contributed by atoms with Crippen molar-refractivity contribution >= 4 is 19.6 Å². The summed E-state index contributed by atoms with van der Waals surface area (Å²) in [6.07, 6.45) is 1.12. The van der Waals surface area contributed by atoms with Crippen LogP contribution in [0, 0.1) is 0 Å². The van der Waals surface area contributed by atoms with Crippen LogP contribution in [-0.4, -0.2) is 40.7 Å². The molecular formula is C16H25N4O4P. The number of benzene rings is 1. The lowest BCUT2D eigenvalue weighted by molar-refractivity contribution is -0.134. The fourth-order valence-electron chi connectivity index (χ4n) is 2.86. The molecule has 4 N–H and O–H groups in total. The lowest BCUT2D eigenvalue weighted by Gasteiger charge is -2.38. The lowest BCUT2D eigenvalue weighted by Crippen LogP contribution is -2.54. The summed E-state index contributed by atoms with van der Waals surface area (Å²) in [5, 5.41) is 0. The van der Waals surface area contributed by atoms with E-state index in [0.717, 1.165) is 10.2 Å². The van der Waals surface area contributed by atoms with E-state index in [4.69, 9.17) is 15.7 Å². The zero-order chi connectivity index (χ0) is 18.4. The minimum atomic E-state index is -3.68. The molecule has 0 unspecified atom stereocenters. The standard InChI is InChI=1S/C16H25N4O4P/c1-2-10-19(16(22)24-12-13-7-4-3-5-8-13)14-9-6-11-20(15(14)21)25(17,18)23/h3-5,7-8,14H,2,6,9-12H2,1H3,(H4,17,18,23)/t14-/m0/s1. The molecule has 0 saturated carbocycles. The van der Waals surface area contributed by atoms with Crippen molar-refractivity contribution in [3.63, 3.8) is 0 Å². The normalized spacial score (nSPS) is 18.1.